The quantitative estimate of drug-likeness (QED) is 0.252. The van der Waals surface area contributed by atoms with Crippen molar-refractivity contribution < 1.29 is 39.0 Å². The van der Waals surface area contributed by atoms with E-state index in [4.69, 9.17) is 19.7 Å². The molecule has 13 heteroatoms. The first kappa shape index (κ1) is 17.0. The molecule has 0 aliphatic carbocycles. The van der Waals surface area contributed by atoms with E-state index in [0.717, 1.165) is 10.8 Å². The Hall–Kier alpha value is -1.37. The van der Waals surface area contributed by atoms with E-state index >= 15 is 0 Å². The van der Waals surface area contributed by atoms with E-state index in [1.165, 1.54) is 6.07 Å². The molecule has 2 heterocycles. The van der Waals surface area contributed by atoms with Crippen LogP contribution in [-0.4, -0.2) is 59.7 Å². The van der Waals surface area contributed by atoms with Gasteiger partial charge in [0.05, 0.1) is 6.61 Å². The van der Waals surface area contributed by atoms with Gasteiger partial charge >= 0.3 is 13.5 Å². The van der Waals surface area contributed by atoms with Crippen LogP contribution in [0.2, 0.25) is 0 Å². The van der Waals surface area contributed by atoms with Crippen molar-refractivity contribution in [3.05, 3.63) is 22.7 Å². The molecule has 1 aromatic heterocycles. The molecule has 6 N–H and O–H groups in total. The van der Waals surface area contributed by atoms with Crippen molar-refractivity contribution in [2.75, 3.05) is 12.1 Å². The van der Waals surface area contributed by atoms with Crippen LogP contribution < -0.4 is 11.2 Å². The maximum Gasteiger partial charge on any atom is 0.469 e. The predicted octanol–water partition coefficient (Wildman–Crippen LogP) is -2.23. The summed E-state index contributed by atoms with van der Waals surface area (Å²) < 4.78 is 20.9. The number of ether oxygens (including phenoxy) is 1. The highest BCUT2D eigenvalue weighted by Crippen LogP contribution is 2.38. The molecule has 1 aliphatic rings. The molecular formula is C9H14N3O9P. The maximum absolute atomic E-state index is 11.7. The summed E-state index contributed by atoms with van der Waals surface area (Å²) >= 11 is 0. The highest BCUT2D eigenvalue weighted by molar-refractivity contribution is 7.46. The molecule has 1 fully saturated rings. The zero-order valence-electron chi connectivity index (χ0n) is 10.9. The monoisotopic (exact) mass is 339 g/mol. The lowest BCUT2D eigenvalue weighted by Gasteiger charge is -2.17. The summed E-state index contributed by atoms with van der Waals surface area (Å²) in [4.78, 5) is 32.4. The van der Waals surface area contributed by atoms with Gasteiger partial charge in [-0.3, -0.25) is 19.8 Å². The molecule has 1 aromatic rings. The van der Waals surface area contributed by atoms with Gasteiger partial charge in [0.25, 0.3) is 0 Å². The number of phosphoric ester groups is 1. The van der Waals surface area contributed by atoms with Gasteiger partial charge in [-0.1, -0.05) is 0 Å². The number of hydrogen-bond donors (Lipinski definition) is 6. The van der Waals surface area contributed by atoms with E-state index in [9.17, 15) is 19.6 Å². The molecular weight excluding hydrogens is 325 g/mol. The summed E-state index contributed by atoms with van der Waals surface area (Å²) in [5.74, 6) is -0.129. The lowest BCUT2D eigenvalue weighted by atomic mass is 10.1. The summed E-state index contributed by atoms with van der Waals surface area (Å²) in [6, 6.07) is 1.21. The lowest BCUT2D eigenvalue weighted by molar-refractivity contribution is -0.0542. The standard InChI is InChI=1S/C9H14N3O9P/c13-6-4(3-20-22(17,18)19)21-8(7(6)14)12-2-1-5(11-16)10-9(12)15/h1-2,4,6-8,13-14,16H,3H2,(H,10,11,15)(H2,17,18,19)/t4?,6-,7-,8?/m1/s1. The molecule has 0 bridgehead atoms. The SMILES string of the molecule is O=c1nc(NO)ccn1C1OC(COP(=O)(O)O)[C@@H](O)[C@H]1O. The Labute approximate surface area is 122 Å². The van der Waals surface area contributed by atoms with Gasteiger partial charge in [-0.25, -0.2) is 9.36 Å². The van der Waals surface area contributed by atoms with Crippen molar-refractivity contribution >= 4 is 13.6 Å². The first-order valence-electron chi connectivity index (χ1n) is 5.94. The Bertz CT molecular complexity index is 631. The van der Waals surface area contributed by atoms with E-state index in [1.807, 2.05) is 0 Å². The van der Waals surface area contributed by atoms with Crippen molar-refractivity contribution in [3.8, 4) is 0 Å². The molecule has 0 aromatic carbocycles. The molecule has 124 valence electrons. The Morgan fingerprint density at radius 3 is 2.64 bits per heavy atom. The fraction of sp³-hybridized carbons (Fsp3) is 0.556. The highest BCUT2D eigenvalue weighted by atomic mass is 31.2. The van der Waals surface area contributed by atoms with Crippen molar-refractivity contribution in [1.29, 1.82) is 0 Å². The Morgan fingerprint density at radius 1 is 1.41 bits per heavy atom. The zero-order valence-corrected chi connectivity index (χ0v) is 11.8. The van der Waals surface area contributed by atoms with Crippen LogP contribution in [0.25, 0.3) is 0 Å². The van der Waals surface area contributed by atoms with Crippen LogP contribution in [0.4, 0.5) is 5.82 Å². The fourth-order valence-electron chi connectivity index (χ4n) is 1.94. The summed E-state index contributed by atoms with van der Waals surface area (Å²) in [7, 11) is -4.77. The van der Waals surface area contributed by atoms with E-state index in [1.54, 1.807) is 5.48 Å². The third-order valence-corrected chi connectivity index (χ3v) is 3.45. The van der Waals surface area contributed by atoms with Crippen LogP contribution >= 0.6 is 7.82 Å². The molecule has 12 nitrogen and oxygen atoms in total. The van der Waals surface area contributed by atoms with Gasteiger partial charge in [0.15, 0.2) is 12.0 Å². The highest BCUT2D eigenvalue weighted by Gasteiger charge is 2.44. The second kappa shape index (κ2) is 6.40. The molecule has 0 radical (unpaired) electrons. The topological polar surface area (TPSA) is 184 Å². The predicted molar refractivity (Wildman–Crippen MR) is 67.8 cm³/mol. The lowest BCUT2D eigenvalue weighted by Crippen LogP contribution is -2.36. The Kier molecular flexibility index (Phi) is 4.94. The van der Waals surface area contributed by atoms with Gasteiger partial charge < -0.3 is 24.7 Å². The summed E-state index contributed by atoms with van der Waals surface area (Å²) in [5.41, 5.74) is 0.785. The van der Waals surface area contributed by atoms with Gasteiger partial charge in [-0.2, -0.15) is 4.98 Å². The van der Waals surface area contributed by atoms with Crippen molar-refractivity contribution in [2.45, 2.75) is 24.5 Å². The molecule has 22 heavy (non-hydrogen) atoms. The molecule has 1 saturated heterocycles. The van der Waals surface area contributed by atoms with E-state index in [2.05, 4.69) is 9.51 Å². The number of aliphatic hydroxyl groups is 2. The summed E-state index contributed by atoms with van der Waals surface area (Å²) in [6.07, 6.45) is -4.50. The average molecular weight is 339 g/mol. The summed E-state index contributed by atoms with van der Waals surface area (Å²) in [6.45, 7) is -0.683. The van der Waals surface area contributed by atoms with Crippen LogP contribution in [0.1, 0.15) is 6.23 Å². The van der Waals surface area contributed by atoms with Gasteiger partial charge in [0.1, 0.15) is 18.3 Å². The fourth-order valence-corrected chi connectivity index (χ4v) is 2.28. The maximum atomic E-state index is 11.7. The summed E-state index contributed by atoms with van der Waals surface area (Å²) in [5, 5.41) is 28.3. The number of phosphoric acid groups is 1. The molecule has 2 rings (SSSR count). The molecule has 2 unspecified atom stereocenters. The minimum atomic E-state index is -4.77. The van der Waals surface area contributed by atoms with Crippen molar-refractivity contribution in [2.24, 2.45) is 0 Å². The minimum absolute atomic E-state index is 0.129. The van der Waals surface area contributed by atoms with E-state index in [-0.39, 0.29) is 5.82 Å². The van der Waals surface area contributed by atoms with Gasteiger partial charge in [-0.05, 0) is 6.07 Å². The van der Waals surface area contributed by atoms with E-state index < -0.39 is 44.7 Å². The van der Waals surface area contributed by atoms with Gasteiger partial charge in [0.2, 0.25) is 0 Å². The van der Waals surface area contributed by atoms with Crippen molar-refractivity contribution in [1.82, 2.24) is 9.55 Å². The van der Waals surface area contributed by atoms with Crippen LogP contribution in [0.5, 0.6) is 0 Å². The first-order chi connectivity index (χ1) is 10.2. The number of nitrogens with zero attached hydrogens (tertiary/aromatic N) is 2. The second-order valence-corrected chi connectivity index (χ2v) is 5.69. The second-order valence-electron chi connectivity index (χ2n) is 4.45. The average Bonchev–Trinajstić information content (AvgIpc) is 2.72. The molecule has 0 saturated carbocycles. The number of anilines is 1. The number of rotatable bonds is 5. The third-order valence-electron chi connectivity index (χ3n) is 2.96. The normalized spacial score (nSPS) is 28.8. The smallest absolute Gasteiger partial charge is 0.387 e. The number of aliphatic hydroxyl groups excluding tert-OH is 2. The van der Waals surface area contributed by atoms with Crippen LogP contribution in [0.3, 0.4) is 0 Å². The van der Waals surface area contributed by atoms with Crippen LogP contribution in [0.15, 0.2) is 17.1 Å². The van der Waals surface area contributed by atoms with Crippen LogP contribution in [-0.2, 0) is 13.8 Å². The molecule has 0 amide bonds. The third kappa shape index (κ3) is 3.69. The first-order valence-corrected chi connectivity index (χ1v) is 7.47. The van der Waals surface area contributed by atoms with Gasteiger partial charge in [-0.15, -0.1) is 0 Å². The van der Waals surface area contributed by atoms with Crippen molar-refractivity contribution in [3.63, 3.8) is 0 Å². The van der Waals surface area contributed by atoms with E-state index in [0.29, 0.717) is 0 Å². The Morgan fingerprint density at radius 2 is 2.09 bits per heavy atom. The largest absolute Gasteiger partial charge is 0.469 e. The zero-order chi connectivity index (χ0) is 16.5. The number of hydrogen-bond acceptors (Lipinski definition) is 9. The Balaban J connectivity index is 2.16. The number of aromatic nitrogens is 2. The minimum Gasteiger partial charge on any atom is -0.387 e. The molecule has 0 spiro atoms. The molecule has 1 aliphatic heterocycles. The van der Waals surface area contributed by atoms with Crippen LogP contribution in [0, 0.1) is 0 Å². The molecule has 4 atom stereocenters. The van der Waals surface area contributed by atoms with Gasteiger partial charge in [0, 0.05) is 6.20 Å². The number of nitrogens with one attached hydrogen (secondary N) is 1.